The van der Waals surface area contributed by atoms with Crippen molar-refractivity contribution < 1.29 is 28.2 Å². The lowest BCUT2D eigenvalue weighted by molar-refractivity contribution is -0.137. The Morgan fingerprint density at radius 3 is 2.36 bits per heavy atom. The Kier molecular flexibility index (Phi) is 20.3. The maximum atomic E-state index is 12.8. The van der Waals surface area contributed by atoms with E-state index in [1.807, 2.05) is 60.4 Å². The van der Waals surface area contributed by atoms with Crippen LogP contribution in [0.25, 0.3) is 0 Å². The molecule has 1 atom stereocenters. The van der Waals surface area contributed by atoms with E-state index in [4.69, 9.17) is 9.47 Å². The second-order valence-electron chi connectivity index (χ2n) is 12.5. The highest BCUT2D eigenvalue weighted by Gasteiger charge is 2.30. The Bertz CT molecular complexity index is 1490. The smallest absolute Gasteiger partial charge is 0.269 e. The molecule has 3 N–H and O–H groups in total. The first-order valence-corrected chi connectivity index (χ1v) is 17.9. The van der Waals surface area contributed by atoms with E-state index in [2.05, 4.69) is 46.3 Å². The van der Waals surface area contributed by atoms with Gasteiger partial charge in [-0.15, -0.1) is 0 Å². The number of allylic oxidation sites excluding steroid dienone is 4. The summed E-state index contributed by atoms with van der Waals surface area (Å²) in [6, 6.07) is 11.7. The Labute approximate surface area is 314 Å². The molecule has 14 heteroatoms. The van der Waals surface area contributed by atoms with Crippen molar-refractivity contribution in [2.75, 3.05) is 85.0 Å². The monoisotopic (exact) mass is 738 g/mol. The Morgan fingerprint density at radius 1 is 1.08 bits per heavy atom. The van der Waals surface area contributed by atoms with Gasteiger partial charge in [-0.25, -0.2) is 9.40 Å². The number of rotatable bonds is 14. The maximum Gasteiger partial charge on any atom is 0.269 e. The average molecular weight is 739 g/mol. The summed E-state index contributed by atoms with van der Waals surface area (Å²) in [5.41, 5.74) is 3.14. The molecule has 4 rings (SSSR count). The fourth-order valence-electron chi connectivity index (χ4n) is 5.58. The number of benzene rings is 1. The first kappa shape index (κ1) is 44.2. The molecule has 1 unspecified atom stereocenters. The van der Waals surface area contributed by atoms with E-state index in [1.165, 1.54) is 6.08 Å². The van der Waals surface area contributed by atoms with Crippen molar-refractivity contribution in [2.24, 2.45) is 0 Å². The topological polar surface area (TPSA) is 132 Å². The van der Waals surface area contributed by atoms with Gasteiger partial charge in [-0.1, -0.05) is 43.4 Å². The number of piperazine rings is 1. The van der Waals surface area contributed by atoms with Crippen molar-refractivity contribution in [3.63, 3.8) is 0 Å². The van der Waals surface area contributed by atoms with Gasteiger partial charge in [0.25, 0.3) is 5.91 Å². The lowest BCUT2D eigenvalue weighted by Gasteiger charge is -2.40. The van der Waals surface area contributed by atoms with Gasteiger partial charge in [0.05, 0.1) is 25.8 Å². The summed E-state index contributed by atoms with van der Waals surface area (Å²) < 4.78 is 21.9. The molecule has 0 radical (unpaired) electrons. The number of para-hydroxylation sites is 1. The zero-order chi connectivity index (χ0) is 39.2. The third kappa shape index (κ3) is 14.2. The molecule has 2 fully saturated rings. The molecular weight excluding hydrogens is 679 g/mol. The van der Waals surface area contributed by atoms with Crippen LogP contribution in [0.1, 0.15) is 49.9 Å². The normalized spacial score (nSPS) is 16.0. The van der Waals surface area contributed by atoms with Gasteiger partial charge in [0.1, 0.15) is 12.4 Å². The molecular formula is C39H59FN8O5. The molecule has 1 aromatic carbocycles. The molecule has 13 nitrogen and oxygen atoms in total. The number of carbonyl (C=O) groups is 3. The molecule has 0 bridgehead atoms. The molecule has 0 aliphatic carbocycles. The summed E-state index contributed by atoms with van der Waals surface area (Å²) in [4.78, 5) is 43.8. The zero-order valence-electron chi connectivity index (χ0n) is 32.4. The van der Waals surface area contributed by atoms with Crippen LogP contribution in [0.5, 0.6) is 11.8 Å². The summed E-state index contributed by atoms with van der Waals surface area (Å²) in [5.74, 6) is 1.32. The third-order valence-corrected chi connectivity index (χ3v) is 8.85. The van der Waals surface area contributed by atoms with Crippen molar-refractivity contribution in [1.29, 1.82) is 0 Å². The predicted octanol–water partition coefficient (Wildman–Crippen LogP) is 4.66. The number of hydrazine groups is 1. The van der Waals surface area contributed by atoms with Crippen LogP contribution in [0.4, 0.5) is 15.8 Å². The molecule has 1 aromatic heterocycles. The summed E-state index contributed by atoms with van der Waals surface area (Å²) >= 11 is 0. The summed E-state index contributed by atoms with van der Waals surface area (Å²) in [6.07, 6.45) is 10.6. The highest BCUT2D eigenvalue weighted by molar-refractivity contribution is 5.99. The minimum atomic E-state index is -0.484. The minimum Gasteiger partial charge on any atom is -0.481 e. The number of alkyl halides is 1. The van der Waals surface area contributed by atoms with E-state index in [9.17, 15) is 18.8 Å². The number of methoxy groups -OCH3 is 2. The number of aromatic nitrogens is 1. The first-order valence-electron chi connectivity index (χ1n) is 17.9. The van der Waals surface area contributed by atoms with Gasteiger partial charge < -0.3 is 35.2 Å². The molecule has 292 valence electrons. The number of pyridine rings is 1. The molecule has 2 aliphatic heterocycles. The quantitative estimate of drug-likeness (QED) is 0.143. The Hall–Kier alpha value is -4.95. The largest absolute Gasteiger partial charge is 0.481 e. The van der Waals surface area contributed by atoms with Crippen molar-refractivity contribution in [3.05, 3.63) is 78.5 Å². The zero-order valence-corrected chi connectivity index (χ0v) is 32.4. The van der Waals surface area contributed by atoms with Crippen LogP contribution in [-0.4, -0.2) is 125 Å². The minimum absolute atomic E-state index is 0.0304. The van der Waals surface area contributed by atoms with Gasteiger partial charge in [-0.05, 0) is 57.5 Å². The number of halogens is 1. The highest BCUT2D eigenvalue weighted by atomic mass is 19.1. The van der Waals surface area contributed by atoms with Crippen molar-refractivity contribution in [2.45, 2.75) is 51.6 Å². The number of hydrogen-bond donors (Lipinski definition) is 3. The fourth-order valence-corrected chi connectivity index (χ4v) is 5.58. The van der Waals surface area contributed by atoms with Crippen LogP contribution in [0.15, 0.2) is 73.0 Å². The van der Waals surface area contributed by atoms with E-state index in [-0.39, 0.29) is 17.9 Å². The predicted molar refractivity (Wildman–Crippen MR) is 210 cm³/mol. The highest BCUT2D eigenvalue weighted by Crippen LogP contribution is 2.28. The van der Waals surface area contributed by atoms with E-state index in [0.717, 1.165) is 37.2 Å². The van der Waals surface area contributed by atoms with Gasteiger partial charge in [-0.2, -0.15) is 4.98 Å². The van der Waals surface area contributed by atoms with E-state index < -0.39 is 6.67 Å². The van der Waals surface area contributed by atoms with Gasteiger partial charge in [0.15, 0.2) is 0 Å². The number of piperidine rings is 1. The van der Waals surface area contributed by atoms with E-state index >= 15 is 0 Å². The molecule has 3 heterocycles. The van der Waals surface area contributed by atoms with Crippen molar-refractivity contribution in [1.82, 2.24) is 30.5 Å². The third-order valence-electron chi connectivity index (χ3n) is 8.85. The first-order chi connectivity index (χ1) is 25.6. The standard InChI is InChI=1S/C19H29N5O2.C11H18N2O2.C9H12FNO/c1-20-16-8-4-3-7-15(16)18(25)22(2)24-13-11-23(12-14-24)19(26)17-9-5-6-10-21-17;1-8(2)13(3)9-6-7-10(14-4)12-11(9)15-5;1-2-5-9(11-8-12)6-3-4-7-10/h3-4,7-8,17,20-21H,5-6,9-14H2,1-2H3;6-8H,1-5H3;2-5,8H,1,6-7H2,(H,11,12)/b;;4-3-,9-5+. The number of hydrogen-bond acceptors (Lipinski definition) is 10. The number of carbonyl (C=O) groups excluding carboxylic acids is 3. The van der Waals surface area contributed by atoms with Crippen LogP contribution >= 0.6 is 0 Å². The summed E-state index contributed by atoms with van der Waals surface area (Å²) in [7, 11) is 8.83. The lowest BCUT2D eigenvalue weighted by Crippen LogP contribution is -2.58. The van der Waals surface area contributed by atoms with Crippen LogP contribution in [0, 0.1) is 0 Å². The summed E-state index contributed by atoms with van der Waals surface area (Å²) in [6.45, 7) is 10.8. The van der Waals surface area contributed by atoms with Gasteiger partial charge >= 0.3 is 0 Å². The van der Waals surface area contributed by atoms with Gasteiger partial charge in [0.2, 0.25) is 24.1 Å². The van der Waals surface area contributed by atoms with Gasteiger partial charge in [-0.3, -0.25) is 19.4 Å². The molecule has 3 amide bonds. The Morgan fingerprint density at radius 2 is 1.79 bits per heavy atom. The molecule has 2 saturated heterocycles. The lowest BCUT2D eigenvalue weighted by atomic mass is 10.0. The molecule has 2 aromatic rings. The van der Waals surface area contributed by atoms with Crippen LogP contribution in [0.3, 0.4) is 0 Å². The number of nitrogens with zero attached hydrogens (tertiary/aromatic N) is 5. The molecule has 2 aliphatic rings. The van der Waals surface area contributed by atoms with Crippen molar-refractivity contribution >= 4 is 29.6 Å². The maximum absolute atomic E-state index is 12.8. The summed E-state index contributed by atoms with van der Waals surface area (Å²) in [5, 5.41) is 12.6. The number of amides is 3. The average Bonchev–Trinajstić information content (AvgIpc) is 3.20. The van der Waals surface area contributed by atoms with Gasteiger partial charge in [0, 0.05) is 77.2 Å². The number of anilines is 2. The molecule has 53 heavy (non-hydrogen) atoms. The number of nitrogens with one attached hydrogen (secondary N) is 3. The Balaban J connectivity index is 0.000000306. The van der Waals surface area contributed by atoms with Crippen LogP contribution in [-0.2, 0) is 9.59 Å². The molecule has 0 spiro atoms. The second-order valence-corrected chi connectivity index (χ2v) is 12.5. The number of ether oxygens (including phenoxy) is 2. The van der Waals surface area contributed by atoms with E-state index in [0.29, 0.717) is 68.1 Å². The van der Waals surface area contributed by atoms with Crippen molar-refractivity contribution in [3.8, 4) is 11.8 Å². The fraction of sp³-hybridized carbons (Fsp3) is 0.487. The van der Waals surface area contributed by atoms with E-state index in [1.54, 1.807) is 44.5 Å². The van der Waals surface area contributed by atoms with Crippen LogP contribution < -0.4 is 30.3 Å². The van der Waals surface area contributed by atoms with Crippen LogP contribution in [0.2, 0.25) is 0 Å². The second kappa shape index (κ2) is 24.3. The molecule has 0 saturated carbocycles. The SMILES string of the molecule is C=C/C=C(\C/C=C\CF)NC=O.CNc1ccccc1C(=O)N(C)N1CCN(C(=O)C2CCCCN2)CC1.COc1ccc(N(C)C(C)C)c(OC)n1.